The molecule has 0 aliphatic carbocycles. The molecule has 0 spiro atoms. The van der Waals surface area contributed by atoms with Gasteiger partial charge in [-0.05, 0) is 31.2 Å². The number of carbonyl (C=O) groups excluding carboxylic acids is 1. The Kier molecular flexibility index (Phi) is 2.78. The molecule has 1 aromatic carbocycles. The van der Waals surface area contributed by atoms with Gasteiger partial charge in [-0.1, -0.05) is 0 Å². The summed E-state index contributed by atoms with van der Waals surface area (Å²) in [6.45, 7) is 1.72. The second-order valence-electron chi connectivity index (χ2n) is 3.57. The van der Waals surface area contributed by atoms with E-state index in [9.17, 15) is 9.18 Å². The average Bonchev–Trinajstić information content (AvgIpc) is 2.63. The SMILES string of the molecule is Cc1[nH]nc(C(=O)Nc2ccc(F)cc2)c1N. The standard InChI is InChI=1S/C11H11FN4O/c1-6-9(13)10(16-15-6)11(17)14-8-4-2-7(12)3-5-8/h2-5H,13H2,1H3,(H,14,17)(H,15,16). The lowest BCUT2D eigenvalue weighted by Gasteiger charge is -2.03. The van der Waals surface area contributed by atoms with Crippen LogP contribution in [0.3, 0.4) is 0 Å². The van der Waals surface area contributed by atoms with Crippen molar-refractivity contribution in [3.8, 4) is 0 Å². The van der Waals surface area contributed by atoms with E-state index in [1.165, 1.54) is 24.3 Å². The maximum atomic E-state index is 12.7. The Hall–Kier alpha value is -2.37. The van der Waals surface area contributed by atoms with Gasteiger partial charge < -0.3 is 11.1 Å². The second-order valence-corrected chi connectivity index (χ2v) is 3.57. The molecule has 1 heterocycles. The van der Waals surface area contributed by atoms with E-state index in [4.69, 9.17) is 5.73 Å². The van der Waals surface area contributed by atoms with Gasteiger partial charge in [0.15, 0.2) is 5.69 Å². The lowest BCUT2D eigenvalue weighted by molar-refractivity contribution is 0.102. The number of hydrogen-bond acceptors (Lipinski definition) is 3. The number of aromatic nitrogens is 2. The molecule has 2 rings (SSSR count). The number of H-pyrrole nitrogens is 1. The number of benzene rings is 1. The van der Waals surface area contributed by atoms with E-state index in [0.717, 1.165) is 0 Å². The molecule has 1 amide bonds. The van der Waals surface area contributed by atoms with Crippen molar-refractivity contribution in [1.82, 2.24) is 10.2 Å². The van der Waals surface area contributed by atoms with Crippen molar-refractivity contribution in [1.29, 1.82) is 0 Å². The number of anilines is 2. The third-order valence-electron chi connectivity index (χ3n) is 2.31. The summed E-state index contributed by atoms with van der Waals surface area (Å²) in [4.78, 5) is 11.8. The van der Waals surface area contributed by atoms with Crippen molar-refractivity contribution >= 4 is 17.3 Å². The fourth-order valence-corrected chi connectivity index (χ4v) is 1.33. The number of nitrogens with two attached hydrogens (primary N) is 1. The summed E-state index contributed by atoms with van der Waals surface area (Å²) in [7, 11) is 0. The largest absolute Gasteiger partial charge is 0.395 e. The van der Waals surface area contributed by atoms with Crippen LogP contribution in [0.25, 0.3) is 0 Å². The van der Waals surface area contributed by atoms with Gasteiger partial charge in [0, 0.05) is 5.69 Å². The molecule has 0 bridgehead atoms. The van der Waals surface area contributed by atoms with Crippen LogP contribution in [0.1, 0.15) is 16.2 Å². The molecule has 1 aromatic heterocycles. The van der Waals surface area contributed by atoms with Gasteiger partial charge in [-0.2, -0.15) is 5.10 Å². The number of halogens is 1. The van der Waals surface area contributed by atoms with E-state index in [1.807, 2.05) is 0 Å². The van der Waals surface area contributed by atoms with Crippen LogP contribution in [-0.2, 0) is 0 Å². The minimum Gasteiger partial charge on any atom is -0.395 e. The molecule has 6 heteroatoms. The van der Waals surface area contributed by atoms with E-state index < -0.39 is 5.91 Å². The van der Waals surface area contributed by atoms with Gasteiger partial charge >= 0.3 is 0 Å². The van der Waals surface area contributed by atoms with Crippen LogP contribution in [0.5, 0.6) is 0 Å². The molecule has 0 atom stereocenters. The molecule has 5 nitrogen and oxygen atoms in total. The number of aryl methyl sites for hydroxylation is 1. The van der Waals surface area contributed by atoms with Crippen molar-refractivity contribution in [2.24, 2.45) is 0 Å². The molecule has 2 aromatic rings. The Bertz CT molecular complexity index is 547. The average molecular weight is 234 g/mol. The fraction of sp³-hybridized carbons (Fsp3) is 0.0909. The zero-order valence-electron chi connectivity index (χ0n) is 9.12. The first-order chi connectivity index (χ1) is 8.08. The molecular weight excluding hydrogens is 223 g/mol. The third kappa shape index (κ3) is 2.25. The minimum atomic E-state index is -0.432. The van der Waals surface area contributed by atoms with Gasteiger partial charge in [-0.15, -0.1) is 0 Å². The van der Waals surface area contributed by atoms with Gasteiger partial charge in [-0.3, -0.25) is 9.89 Å². The molecule has 4 N–H and O–H groups in total. The normalized spacial score (nSPS) is 10.2. The molecule has 17 heavy (non-hydrogen) atoms. The number of nitrogens with one attached hydrogen (secondary N) is 2. The summed E-state index contributed by atoms with van der Waals surface area (Å²) in [5.74, 6) is -0.795. The smallest absolute Gasteiger partial charge is 0.278 e. The Morgan fingerprint density at radius 2 is 2.06 bits per heavy atom. The van der Waals surface area contributed by atoms with Gasteiger partial charge in [0.2, 0.25) is 0 Å². The maximum Gasteiger partial charge on any atom is 0.278 e. The Balaban J connectivity index is 2.17. The van der Waals surface area contributed by atoms with E-state index in [-0.39, 0.29) is 11.5 Å². The summed E-state index contributed by atoms with van der Waals surface area (Å²) in [5, 5.41) is 8.98. The van der Waals surface area contributed by atoms with Crippen LogP contribution >= 0.6 is 0 Å². The van der Waals surface area contributed by atoms with Crippen molar-refractivity contribution in [3.63, 3.8) is 0 Å². The lowest BCUT2D eigenvalue weighted by Crippen LogP contribution is -2.14. The van der Waals surface area contributed by atoms with Crippen LogP contribution in [0, 0.1) is 12.7 Å². The number of nitrogen functional groups attached to an aromatic ring is 1. The van der Waals surface area contributed by atoms with Gasteiger partial charge in [0.05, 0.1) is 11.4 Å². The number of rotatable bonds is 2. The van der Waals surface area contributed by atoms with Crippen LogP contribution in [-0.4, -0.2) is 16.1 Å². The van der Waals surface area contributed by atoms with Crippen molar-refractivity contribution in [2.75, 3.05) is 11.1 Å². The minimum absolute atomic E-state index is 0.131. The highest BCUT2D eigenvalue weighted by molar-refractivity contribution is 6.06. The molecular formula is C11H11FN4O. The number of carbonyl (C=O) groups is 1. The summed E-state index contributed by atoms with van der Waals surface area (Å²) < 4.78 is 12.7. The summed E-state index contributed by atoms with van der Waals surface area (Å²) in [6, 6.07) is 5.44. The summed E-state index contributed by atoms with van der Waals surface area (Å²) in [5.41, 5.74) is 7.22. The fourth-order valence-electron chi connectivity index (χ4n) is 1.33. The maximum absolute atomic E-state index is 12.7. The monoisotopic (exact) mass is 234 g/mol. The Labute approximate surface area is 96.8 Å². The van der Waals surface area contributed by atoms with Crippen LogP contribution in [0.4, 0.5) is 15.8 Å². The lowest BCUT2D eigenvalue weighted by atomic mass is 10.2. The van der Waals surface area contributed by atoms with Gasteiger partial charge in [-0.25, -0.2) is 4.39 Å². The first kappa shape index (κ1) is 11.1. The van der Waals surface area contributed by atoms with E-state index in [1.54, 1.807) is 6.92 Å². The molecule has 0 saturated carbocycles. The summed E-state index contributed by atoms with van der Waals surface area (Å²) in [6.07, 6.45) is 0. The van der Waals surface area contributed by atoms with E-state index >= 15 is 0 Å². The molecule has 0 aliphatic rings. The summed E-state index contributed by atoms with van der Waals surface area (Å²) >= 11 is 0. The quantitative estimate of drug-likeness (QED) is 0.739. The highest BCUT2D eigenvalue weighted by atomic mass is 19.1. The van der Waals surface area contributed by atoms with Crippen molar-refractivity contribution in [2.45, 2.75) is 6.92 Å². The molecule has 88 valence electrons. The third-order valence-corrected chi connectivity index (χ3v) is 2.31. The van der Waals surface area contributed by atoms with E-state index in [2.05, 4.69) is 15.5 Å². The Morgan fingerprint density at radius 3 is 2.59 bits per heavy atom. The number of nitrogens with zero attached hydrogens (tertiary/aromatic N) is 1. The predicted octanol–water partition coefficient (Wildman–Crippen LogP) is 1.69. The second kappa shape index (κ2) is 4.25. The highest BCUT2D eigenvalue weighted by Gasteiger charge is 2.15. The van der Waals surface area contributed by atoms with Gasteiger partial charge in [0.25, 0.3) is 5.91 Å². The molecule has 0 fully saturated rings. The number of amides is 1. The van der Waals surface area contributed by atoms with Crippen LogP contribution in [0.2, 0.25) is 0 Å². The molecule has 0 saturated heterocycles. The van der Waals surface area contributed by atoms with Crippen molar-refractivity contribution in [3.05, 3.63) is 41.5 Å². The molecule has 0 aliphatic heterocycles. The predicted molar refractivity (Wildman–Crippen MR) is 62.1 cm³/mol. The van der Waals surface area contributed by atoms with Crippen LogP contribution < -0.4 is 11.1 Å². The number of aromatic amines is 1. The van der Waals surface area contributed by atoms with Gasteiger partial charge in [0.1, 0.15) is 5.82 Å². The van der Waals surface area contributed by atoms with Crippen LogP contribution in [0.15, 0.2) is 24.3 Å². The number of hydrogen-bond donors (Lipinski definition) is 3. The first-order valence-corrected chi connectivity index (χ1v) is 4.95. The topological polar surface area (TPSA) is 83.8 Å². The Morgan fingerprint density at radius 1 is 1.41 bits per heavy atom. The zero-order valence-corrected chi connectivity index (χ0v) is 9.12. The van der Waals surface area contributed by atoms with Crippen molar-refractivity contribution < 1.29 is 9.18 Å². The zero-order chi connectivity index (χ0) is 12.4. The molecule has 0 radical (unpaired) electrons. The highest BCUT2D eigenvalue weighted by Crippen LogP contribution is 2.15. The molecule has 0 unspecified atom stereocenters. The first-order valence-electron chi connectivity index (χ1n) is 4.95. The van der Waals surface area contributed by atoms with E-state index in [0.29, 0.717) is 17.1 Å².